The van der Waals surface area contributed by atoms with Gasteiger partial charge in [-0.2, -0.15) is 0 Å². The Bertz CT molecular complexity index is 615. The van der Waals surface area contributed by atoms with E-state index in [1.165, 1.54) is 23.3 Å². The first-order chi connectivity index (χ1) is 9.74. The largest absolute Gasteiger partial charge is 0.377 e. The molecule has 1 aliphatic rings. The van der Waals surface area contributed by atoms with Gasteiger partial charge in [0.2, 0.25) is 0 Å². The third-order valence-corrected chi connectivity index (χ3v) is 4.27. The van der Waals surface area contributed by atoms with Gasteiger partial charge in [-0.15, -0.1) is 0 Å². The highest BCUT2D eigenvalue weighted by Crippen LogP contribution is 2.31. The van der Waals surface area contributed by atoms with Crippen LogP contribution in [-0.4, -0.2) is 6.54 Å². The number of benzene rings is 2. The highest BCUT2D eigenvalue weighted by atomic mass is 79.9. The Balaban J connectivity index is 1.90. The highest BCUT2D eigenvalue weighted by molar-refractivity contribution is 9.10. The predicted molar refractivity (Wildman–Crippen MR) is 83.2 cm³/mol. The van der Waals surface area contributed by atoms with Crippen molar-refractivity contribution in [2.75, 3.05) is 11.9 Å². The summed E-state index contributed by atoms with van der Waals surface area (Å²) in [6, 6.07) is 13.4. The minimum absolute atomic E-state index is 0.231. The molecule has 0 saturated carbocycles. The maximum atomic E-state index is 13.2. The molecule has 2 aromatic rings. The summed E-state index contributed by atoms with van der Waals surface area (Å²) in [6.45, 7) is 1.87. The molecule has 2 N–H and O–H groups in total. The molecule has 0 spiro atoms. The van der Waals surface area contributed by atoms with E-state index in [9.17, 15) is 4.39 Å². The van der Waals surface area contributed by atoms with Gasteiger partial charge in [0.1, 0.15) is 5.82 Å². The number of halogens is 2. The van der Waals surface area contributed by atoms with Crippen LogP contribution in [0.2, 0.25) is 0 Å². The predicted octanol–water partition coefficient (Wildman–Crippen LogP) is 4.23. The standard InChI is InChI=1S/C16H16BrFN2/c17-14-9-12(18)5-6-16(14)20-15-7-8-19-10-11-3-1-2-4-13(11)15/h1-6,9,15,19-20H,7-8,10H2. The maximum absolute atomic E-state index is 13.2. The minimum atomic E-state index is -0.231. The zero-order chi connectivity index (χ0) is 13.9. The van der Waals surface area contributed by atoms with Gasteiger partial charge < -0.3 is 10.6 Å². The Labute approximate surface area is 126 Å². The SMILES string of the molecule is Fc1ccc(NC2CCNCc3ccccc32)c(Br)c1. The minimum Gasteiger partial charge on any atom is -0.377 e. The molecule has 3 rings (SSSR count). The zero-order valence-electron chi connectivity index (χ0n) is 11.0. The molecule has 0 fully saturated rings. The van der Waals surface area contributed by atoms with E-state index in [1.807, 2.05) is 0 Å². The number of fused-ring (bicyclic) bond motifs is 1. The van der Waals surface area contributed by atoms with E-state index in [0.29, 0.717) is 0 Å². The average molecular weight is 335 g/mol. The van der Waals surface area contributed by atoms with Crippen molar-refractivity contribution in [3.8, 4) is 0 Å². The Morgan fingerprint density at radius 2 is 2.05 bits per heavy atom. The van der Waals surface area contributed by atoms with Crippen LogP contribution in [0.1, 0.15) is 23.6 Å². The van der Waals surface area contributed by atoms with Gasteiger partial charge >= 0.3 is 0 Å². The molecule has 0 aromatic heterocycles. The first-order valence-electron chi connectivity index (χ1n) is 6.74. The molecule has 0 bridgehead atoms. The number of rotatable bonds is 2. The van der Waals surface area contributed by atoms with E-state index in [2.05, 4.69) is 50.8 Å². The molecule has 0 aliphatic carbocycles. The molecule has 1 atom stereocenters. The quantitative estimate of drug-likeness (QED) is 0.858. The van der Waals surface area contributed by atoms with Crippen molar-refractivity contribution in [2.45, 2.75) is 19.0 Å². The molecule has 20 heavy (non-hydrogen) atoms. The smallest absolute Gasteiger partial charge is 0.124 e. The van der Waals surface area contributed by atoms with Gasteiger partial charge in [-0.05, 0) is 58.2 Å². The molecule has 4 heteroatoms. The van der Waals surface area contributed by atoms with Gasteiger partial charge in [-0.25, -0.2) is 4.39 Å². The van der Waals surface area contributed by atoms with Gasteiger partial charge in [0.25, 0.3) is 0 Å². The molecule has 2 aromatic carbocycles. The summed E-state index contributed by atoms with van der Waals surface area (Å²) in [6.07, 6.45) is 1.00. The van der Waals surface area contributed by atoms with E-state index in [-0.39, 0.29) is 11.9 Å². The Kier molecular flexibility index (Phi) is 4.03. The van der Waals surface area contributed by atoms with Gasteiger partial charge in [-0.1, -0.05) is 24.3 Å². The van der Waals surface area contributed by atoms with Crippen LogP contribution in [0.4, 0.5) is 10.1 Å². The van der Waals surface area contributed by atoms with E-state index in [0.717, 1.165) is 29.7 Å². The first kappa shape index (κ1) is 13.6. The molecular formula is C16H16BrFN2. The molecule has 0 radical (unpaired) electrons. The molecule has 1 unspecified atom stereocenters. The summed E-state index contributed by atoms with van der Waals surface area (Å²) in [4.78, 5) is 0. The number of hydrogen-bond acceptors (Lipinski definition) is 2. The molecule has 1 heterocycles. The average Bonchev–Trinajstić information content (AvgIpc) is 2.65. The summed E-state index contributed by atoms with van der Waals surface area (Å²) in [5, 5.41) is 6.95. The summed E-state index contributed by atoms with van der Waals surface area (Å²) in [5.41, 5.74) is 3.56. The summed E-state index contributed by atoms with van der Waals surface area (Å²) < 4.78 is 13.9. The molecule has 2 nitrogen and oxygen atoms in total. The van der Waals surface area contributed by atoms with Crippen LogP contribution in [0.5, 0.6) is 0 Å². The van der Waals surface area contributed by atoms with Crippen molar-refractivity contribution < 1.29 is 4.39 Å². The second-order valence-electron chi connectivity index (χ2n) is 4.99. The van der Waals surface area contributed by atoms with Crippen LogP contribution in [0.25, 0.3) is 0 Å². The molecule has 0 saturated heterocycles. The molecule has 1 aliphatic heterocycles. The third kappa shape index (κ3) is 2.86. The van der Waals surface area contributed by atoms with Gasteiger partial charge in [0, 0.05) is 16.7 Å². The van der Waals surface area contributed by atoms with Crippen molar-refractivity contribution in [3.63, 3.8) is 0 Å². The topological polar surface area (TPSA) is 24.1 Å². The molecule has 104 valence electrons. The summed E-state index contributed by atoms with van der Waals surface area (Å²) in [5.74, 6) is -0.231. The number of hydrogen-bond donors (Lipinski definition) is 2. The van der Waals surface area contributed by atoms with Crippen molar-refractivity contribution in [1.29, 1.82) is 0 Å². The molecule has 0 amide bonds. The van der Waals surface area contributed by atoms with Crippen LogP contribution in [0.3, 0.4) is 0 Å². The molecular weight excluding hydrogens is 319 g/mol. The van der Waals surface area contributed by atoms with Crippen molar-refractivity contribution in [3.05, 3.63) is 63.9 Å². The normalized spacial score (nSPS) is 18.2. The fraction of sp³-hybridized carbons (Fsp3) is 0.250. The van der Waals surface area contributed by atoms with Crippen LogP contribution in [0.15, 0.2) is 46.9 Å². The van der Waals surface area contributed by atoms with E-state index >= 15 is 0 Å². The van der Waals surface area contributed by atoms with Crippen molar-refractivity contribution in [1.82, 2.24) is 5.32 Å². The van der Waals surface area contributed by atoms with Crippen LogP contribution in [-0.2, 0) is 6.54 Å². The zero-order valence-corrected chi connectivity index (χ0v) is 12.6. The maximum Gasteiger partial charge on any atom is 0.124 e. The Morgan fingerprint density at radius 3 is 2.90 bits per heavy atom. The summed E-state index contributed by atoms with van der Waals surface area (Å²) >= 11 is 3.42. The van der Waals surface area contributed by atoms with E-state index in [1.54, 1.807) is 6.07 Å². The van der Waals surface area contributed by atoms with Crippen molar-refractivity contribution in [2.24, 2.45) is 0 Å². The second kappa shape index (κ2) is 5.94. The van der Waals surface area contributed by atoms with Gasteiger partial charge in [0.05, 0.1) is 6.04 Å². The lowest BCUT2D eigenvalue weighted by Gasteiger charge is -2.21. The fourth-order valence-electron chi connectivity index (χ4n) is 2.60. The lowest BCUT2D eigenvalue weighted by molar-refractivity contribution is 0.625. The fourth-order valence-corrected chi connectivity index (χ4v) is 3.07. The van der Waals surface area contributed by atoms with Crippen LogP contribution >= 0.6 is 15.9 Å². The lowest BCUT2D eigenvalue weighted by Crippen LogP contribution is -2.15. The van der Waals surface area contributed by atoms with E-state index in [4.69, 9.17) is 0 Å². The lowest BCUT2D eigenvalue weighted by atomic mass is 9.99. The first-order valence-corrected chi connectivity index (χ1v) is 7.53. The third-order valence-electron chi connectivity index (χ3n) is 3.62. The number of nitrogens with one attached hydrogen (secondary N) is 2. The van der Waals surface area contributed by atoms with Gasteiger partial charge in [-0.3, -0.25) is 0 Å². The number of anilines is 1. The van der Waals surface area contributed by atoms with Crippen molar-refractivity contribution >= 4 is 21.6 Å². The monoisotopic (exact) mass is 334 g/mol. The van der Waals surface area contributed by atoms with Crippen LogP contribution < -0.4 is 10.6 Å². The Morgan fingerprint density at radius 1 is 1.20 bits per heavy atom. The van der Waals surface area contributed by atoms with Crippen LogP contribution in [0, 0.1) is 5.82 Å². The second-order valence-corrected chi connectivity index (χ2v) is 5.84. The highest BCUT2D eigenvalue weighted by Gasteiger charge is 2.18. The van der Waals surface area contributed by atoms with Gasteiger partial charge in [0.15, 0.2) is 0 Å². The van der Waals surface area contributed by atoms with E-state index < -0.39 is 0 Å². The summed E-state index contributed by atoms with van der Waals surface area (Å²) in [7, 11) is 0. The Hall–Kier alpha value is -1.39.